The molecule has 200 valence electrons. The lowest BCUT2D eigenvalue weighted by Crippen LogP contribution is -2.35. The van der Waals surface area contributed by atoms with Crippen molar-refractivity contribution in [3.05, 3.63) is 35.9 Å². The van der Waals surface area contributed by atoms with Crippen LogP contribution in [0.4, 0.5) is 0 Å². The molecule has 0 aliphatic heterocycles. The zero-order valence-corrected chi connectivity index (χ0v) is 22.6. The second-order valence-electron chi connectivity index (χ2n) is 10.2. The highest BCUT2D eigenvalue weighted by Crippen LogP contribution is 2.15. The number of esters is 2. The van der Waals surface area contributed by atoms with Crippen LogP contribution < -0.4 is 5.73 Å². The summed E-state index contributed by atoms with van der Waals surface area (Å²) in [7, 11) is 0. The third kappa shape index (κ3) is 19.2. The number of benzene rings is 1. The molecule has 0 heterocycles. The first-order chi connectivity index (χ1) is 17.1. The largest absolute Gasteiger partial charge is 0.392 e. The zero-order valence-electron chi connectivity index (χ0n) is 22.6. The maximum Gasteiger partial charge on any atom is 0.330 e. The predicted molar refractivity (Wildman–Crippen MR) is 147 cm³/mol. The fraction of sp³-hybridized carbons (Fsp3) is 0.742. The van der Waals surface area contributed by atoms with E-state index in [9.17, 15) is 9.59 Å². The second-order valence-corrected chi connectivity index (χ2v) is 10.2. The molecule has 0 aliphatic rings. The van der Waals surface area contributed by atoms with Crippen molar-refractivity contribution in [2.45, 2.75) is 148 Å². The van der Waals surface area contributed by atoms with Crippen molar-refractivity contribution in [3.8, 4) is 0 Å². The van der Waals surface area contributed by atoms with Crippen LogP contribution in [0.3, 0.4) is 0 Å². The summed E-state index contributed by atoms with van der Waals surface area (Å²) >= 11 is 0. The van der Waals surface area contributed by atoms with E-state index in [1.165, 1.54) is 103 Å². The molecule has 0 spiro atoms. The van der Waals surface area contributed by atoms with Crippen LogP contribution in [0.2, 0.25) is 0 Å². The topological polar surface area (TPSA) is 69.4 Å². The average Bonchev–Trinajstić information content (AvgIpc) is 2.86. The Morgan fingerprint density at radius 1 is 0.657 bits per heavy atom. The number of ether oxygens (including phenoxy) is 1. The molecule has 2 N–H and O–H groups in total. The van der Waals surface area contributed by atoms with Crippen LogP contribution in [0.5, 0.6) is 0 Å². The summed E-state index contributed by atoms with van der Waals surface area (Å²) in [5, 5.41) is 0. The summed E-state index contributed by atoms with van der Waals surface area (Å²) in [6.45, 7) is 2.28. The Morgan fingerprint density at radius 3 is 1.49 bits per heavy atom. The smallest absolute Gasteiger partial charge is 0.330 e. The van der Waals surface area contributed by atoms with Crippen molar-refractivity contribution in [1.82, 2.24) is 0 Å². The van der Waals surface area contributed by atoms with Gasteiger partial charge >= 0.3 is 11.9 Å². The van der Waals surface area contributed by atoms with E-state index in [1.54, 1.807) is 0 Å². The Morgan fingerprint density at radius 2 is 1.06 bits per heavy atom. The Hall–Kier alpha value is -1.68. The van der Waals surface area contributed by atoms with E-state index in [4.69, 9.17) is 10.5 Å². The van der Waals surface area contributed by atoms with Crippen molar-refractivity contribution < 1.29 is 14.3 Å². The quantitative estimate of drug-likeness (QED) is 0.0955. The number of hydrogen-bond acceptors (Lipinski definition) is 4. The number of hydrogen-bond donors (Lipinski definition) is 1. The molecule has 1 aromatic carbocycles. The third-order valence-electron chi connectivity index (χ3n) is 6.80. The summed E-state index contributed by atoms with van der Waals surface area (Å²) in [5.74, 6) is -1.08. The molecule has 1 unspecified atom stereocenters. The van der Waals surface area contributed by atoms with Crippen LogP contribution in [0, 0.1) is 0 Å². The van der Waals surface area contributed by atoms with Crippen molar-refractivity contribution in [2.24, 2.45) is 5.73 Å². The summed E-state index contributed by atoms with van der Waals surface area (Å²) in [6.07, 6.45) is 25.8. The first kappa shape index (κ1) is 31.4. The molecular formula is C31H53NO3. The highest BCUT2D eigenvalue weighted by Gasteiger charge is 2.19. The third-order valence-corrected chi connectivity index (χ3v) is 6.80. The van der Waals surface area contributed by atoms with Gasteiger partial charge in [0.05, 0.1) is 0 Å². The highest BCUT2D eigenvalue weighted by molar-refractivity contribution is 5.88. The van der Waals surface area contributed by atoms with E-state index in [1.807, 2.05) is 30.3 Å². The Kier molecular flexibility index (Phi) is 20.4. The molecule has 0 radical (unpaired) electrons. The van der Waals surface area contributed by atoms with Gasteiger partial charge in [-0.05, 0) is 18.4 Å². The first-order valence-electron chi connectivity index (χ1n) is 14.7. The minimum absolute atomic E-state index is 0.294. The van der Waals surface area contributed by atoms with E-state index in [0.29, 0.717) is 12.8 Å². The Balaban J connectivity index is 1.82. The number of unbranched alkanes of at least 4 members (excludes halogenated alkanes) is 18. The van der Waals surface area contributed by atoms with Crippen molar-refractivity contribution in [1.29, 1.82) is 0 Å². The van der Waals surface area contributed by atoms with Gasteiger partial charge in [-0.25, -0.2) is 4.79 Å². The lowest BCUT2D eigenvalue weighted by atomic mass is 10.0. The maximum atomic E-state index is 12.0. The van der Waals surface area contributed by atoms with Crippen LogP contribution in [0.1, 0.15) is 141 Å². The monoisotopic (exact) mass is 487 g/mol. The normalized spacial score (nSPS) is 11.9. The highest BCUT2D eigenvalue weighted by atomic mass is 16.6. The van der Waals surface area contributed by atoms with Crippen LogP contribution in [-0.2, 0) is 20.7 Å². The molecule has 0 amide bonds. The van der Waals surface area contributed by atoms with E-state index >= 15 is 0 Å². The van der Waals surface area contributed by atoms with Crippen molar-refractivity contribution >= 4 is 11.9 Å². The molecular weight excluding hydrogens is 434 g/mol. The Labute approximate surface area is 215 Å². The molecule has 1 rings (SSSR count). The fourth-order valence-electron chi connectivity index (χ4n) is 4.54. The Bertz CT molecular complexity index is 631. The summed E-state index contributed by atoms with van der Waals surface area (Å²) in [4.78, 5) is 23.9. The zero-order chi connectivity index (χ0) is 25.4. The van der Waals surface area contributed by atoms with Crippen LogP contribution >= 0.6 is 0 Å². The van der Waals surface area contributed by atoms with E-state index in [0.717, 1.165) is 24.8 Å². The van der Waals surface area contributed by atoms with Gasteiger partial charge in [0.2, 0.25) is 0 Å². The number of carbonyl (C=O) groups excluding carboxylic acids is 2. The van der Waals surface area contributed by atoms with Crippen LogP contribution in [0.15, 0.2) is 30.3 Å². The second kappa shape index (κ2) is 22.8. The van der Waals surface area contributed by atoms with Crippen molar-refractivity contribution in [3.63, 3.8) is 0 Å². The SMILES string of the molecule is CCCCCCCCCCCCCCCCCCCCCC(=O)OC(=O)C(N)Cc1ccccc1. The van der Waals surface area contributed by atoms with Gasteiger partial charge in [0.25, 0.3) is 0 Å². The molecule has 0 saturated carbocycles. The maximum absolute atomic E-state index is 12.0. The lowest BCUT2D eigenvalue weighted by Gasteiger charge is -2.10. The molecule has 0 saturated heterocycles. The van der Waals surface area contributed by atoms with E-state index < -0.39 is 18.0 Å². The van der Waals surface area contributed by atoms with Gasteiger partial charge in [0.1, 0.15) is 6.04 Å². The minimum Gasteiger partial charge on any atom is -0.392 e. The van der Waals surface area contributed by atoms with Gasteiger partial charge in [-0.15, -0.1) is 0 Å². The predicted octanol–water partition coefficient (Wildman–Crippen LogP) is 8.45. The van der Waals surface area contributed by atoms with E-state index in [-0.39, 0.29) is 0 Å². The van der Waals surface area contributed by atoms with Gasteiger partial charge in [-0.1, -0.05) is 153 Å². The standard InChI is InChI=1S/C31H53NO3/c1-2-3-4-5-6-7-8-9-10-11-12-13-14-15-16-17-18-19-23-26-30(33)35-31(34)29(32)27-28-24-21-20-22-25-28/h20-22,24-25,29H,2-19,23,26-27,32H2,1H3. The molecule has 0 bridgehead atoms. The summed E-state index contributed by atoms with van der Waals surface area (Å²) in [6, 6.07) is 8.74. The summed E-state index contributed by atoms with van der Waals surface area (Å²) in [5.41, 5.74) is 6.83. The molecule has 1 aromatic rings. The molecule has 4 nitrogen and oxygen atoms in total. The van der Waals surface area contributed by atoms with Gasteiger partial charge in [0.15, 0.2) is 0 Å². The van der Waals surface area contributed by atoms with Gasteiger partial charge in [0, 0.05) is 6.42 Å². The number of nitrogens with two attached hydrogens (primary N) is 1. The van der Waals surface area contributed by atoms with Crippen molar-refractivity contribution in [2.75, 3.05) is 0 Å². The van der Waals surface area contributed by atoms with Crippen LogP contribution in [-0.4, -0.2) is 18.0 Å². The summed E-state index contributed by atoms with van der Waals surface area (Å²) < 4.78 is 4.92. The van der Waals surface area contributed by atoms with Gasteiger partial charge in [-0.3, -0.25) is 4.79 Å². The van der Waals surface area contributed by atoms with Crippen LogP contribution in [0.25, 0.3) is 0 Å². The van der Waals surface area contributed by atoms with Gasteiger partial charge < -0.3 is 10.5 Å². The average molecular weight is 488 g/mol. The number of rotatable bonds is 23. The number of carbonyl (C=O) groups is 2. The van der Waals surface area contributed by atoms with E-state index in [2.05, 4.69) is 6.92 Å². The van der Waals surface area contributed by atoms with Gasteiger partial charge in [-0.2, -0.15) is 0 Å². The fourth-order valence-corrected chi connectivity index (χ4v) is 4.54. The molecule has 0 aromatic heterocycles. The molecule has 4 heteroatoms. The molecule has 0 aliphatic carbocycles. The molecule has 1 atom stereocenters. The first-order valence-corrected chi connectivity index (χ1v) is 14.7. The molecule has 35 heavy (non-hydrogen) atoms. The minimum atomic E-state index is -0.800. The lowest BCUT2D eigenvalue weighted by molar-refractivity contribution is -0.160. The molecule has 0 fully saturated rings.